The van der Waals surface area contributed by atoms with Crippen molar-refractivity contribution >= 4 is 17.7 Å². The molecule has 6 heteroatoms. The zero-order chi connectivity index (χ0) is 19.1. The lowest BCUT2D eigenvalue weighted by molar-refractivity contribution is -0.123. The molecule has 1 atom stereocenters. The summed E-state index contributed by atoms with van der Waals surface area (Å²) in [7, 11) is 1.61. The first-order chi connectivity index (χ1) is 13.2. The van der Waals surface area contributed by atoms with E-state index in [0.717, 1.165) is 24.3 Å². The molecule has 0 saturated heterocycles. The maximum Gasteiger partial charge on any atom is 0.257 e. The van der Waals surface area contributed by atoms with Crippen LogP contribution in [0, 0.1) is 0 Å². The third-order valence-corrected chi connectivity index (χ3v) is 5.59. The second-order valence-electron chi connectivity index (χ2n) is 6.34. The lowest BCUT2D eigenvalue weighted by Gasteiger charge is -2.26. The second-order valence-corrected chi connectivity index (χ2v) is 7.47. The fourth-order valence-corrected chi connectivity index (χ4v) is 4.25. The van der Waals surface area contributed by atoms with Crippen molar-refractivity contribution in [1.29, 1.82) is 0 Å². The van der Waals surface area contributed by atoms with Gasteiger partial charge in [0.25, 0.3) is 5.91 Å². The van der Waals surface area contributed by atoms with E-state index in [1.807, 2.05) is 36.9 Å². The highest BCUT2D eigenvalue weighted by Gasteiger charge is 2.19. The third kappa shape index (κ3) is 5.17. The summed E-state index contributed by atoms with van der Waals surface area (Å²) in [5.41, 5.74) is 2.50. The second kappa shape index (κ2) is 9.67. The molecule has 1 aliphatic rings. The highest BCUT2D eigenvalue weighted by Crippen LogP contribution is 2.36. The van der Waals surface area contributed by atoms with Gasteiger partial charge in [0.1, 0.15) is 0 Å². The van der Waals surface area contributed by atoms with Crippen LogP contribution in [0.4, 0.5) is 0 Å². The van der Waals surface area contributed by atoms with Gasteiger partial charge in [-0.15, -0.1) is 11.8 Å². The predicted octanol–water partition coefficient (Wildman–Crippen LogP) is 3.54. The van der Waals surface area contributed by atoms with Gasteiger partial charge in [-0.1, -0.05) is 24.3 Å². The molecule has 0 radical (unpaired) electrons. The summed E-state index contributed by atoms with van der Waals surface area (Å²) in [4.78, 5) is 12.9. The molecular formula is C21H26N2O3S. The van der Waals surface area contributed by atoms with Crippen molar-refractivity contribution in [2.45, 2.75) is 30.8 Å². The highest BCUT2D eigenvalue weighted by atomic mass is 32.2. The zero-order valence-corrected chi connectivity index (χ0v) is 16.6. The number of benzene rings is 2. The predicted molar refractivity (Wildman–Crippen MR) is 109 cm³/mol. The number of amides is 1. The van der Waals surface area contributed by atoms with Crippen LogP contribution in [0.25, 0.3) is 0 Å². The Labute approximate surface area is 164 Å². The maximum atomic E-state index is 11.6. The van der Waals surface area contributed by atoms with E-state index in [4.69, 9.17) is 9.47 Å². The minimum Gasteiger partial charge on any atom is -0.493 e. The number of rotatable bonds is 8. The van der Waals surface area contributed by atoms with E-state index < -0.39 is 0 Å². The van der Waals surface area contributed by atoms with Crippen LogP contribution in [0.3, 0.4) is 0 Å². The van der Waals surface area contributed by atoms with Crippen LogP contribution < -0.4 is 20.1 Å². The van der Waals surface area contributed by atoms with Crippen molar-refractivity contribution < 1.29 is 14.3 Å². The topological polar surface area (TPSA) is 59.6 Å². The SMILES string of the molecule is CCNC(=O)COc1ccc(CNC2CCSc3ccccc32)cc1OC. The number of hydrogen-bond donors (Lipinski definition) is 2. The van der Waals surface area contributed by atoms with Crippen molar-refractivity contribution in [3.05, 3.63) is 53.6 Å². The van der Waals surface area contributed by atoms with E-state index in [9.17, 15) is 4.79 Å². The molecule has 0 aliphatic carbocycles. The lowest BCUT2D eigenvalue weighted by atomic mass is 10.0. The molecule has 2 aromatic carbocycles. The molecule has 2 N–H and O–H groups in total. The van der Waals surface area contributed by atoms with Gasteiger partial charge in [0.2, 0.25) is 0 Å². The Morgan fingerprint density at radius 2 is 2.07 bits per heavy atom. The molecule has 27 heavy (non-hydrogen) atoms. The molecule has 0 fully saturated rings. The van der Waals surface area contributed by atoms with Crippen LogP contribution in [0.5, 0.6) is 11.5 Å². The van der Waals surface area contributed by atoms with Crippen molar-refractivity contribution in [2.24, 2.45) is 0 Å². The number of hydrogen-bond acceptors (Lipinski definition) is 5. The van der Waals surface area contributed by atoms with Crippen LogP contribution in [0.1, 0.15) is 30.5 Å². The summed E-state index contributed by atoms with van der Waals surface area (Å²) in [6.07, 6.45) is 1.12. The number of likely N-dealkylation sites (N-methyl/N-ethyl adjacent to an activating group) is 1. The van der Waals surface area contributed by atoms with Crippen LogP contribution in [-0.4, -0.2) is 31.9 Å². The van der Waals surface area contributed by atoms with Crippen LogP contribution >= 0.6 is 11.8 Å². The number of fused-ring (bicyclic) bond motifs is 1. The van der Waals surface area contributed by atoms with E-state index in [1.165, 1.54) is 10.5 Å². The zero-order valence-electron chi connectivity index (χ0n) is 15.8. The standard InChI is InChI=1S/C21H26N2O3S/c1-3-22-21(24)14-26-18-9-8-15(12-19(18)25-2)13-23-17-10-11-27-20-7-5-4-6-16(17)20/h4-9,12,17,23H,3,10-11,13-14H2,1-2H3,(H,22,24). The van der Waals surface area contributed by atoms with Crippen molar-refractivity contribution in [3.8, 4) is 11.5 Å². The number of ether oxygens (including phenoxy) is 2. The maximum absolute atomic E-state index is 11.6. The minimum atomic E-state index is -0.140. The number of carbonyl (C=O) groups is 1. The molecule has 3 rings (SSSR count). The highest BCUT2D eigenvalue weighted by molar-refractivity contribution is 7.99. The monoisotopic (exact) mass is 386 g/mol. The largest absolute Gasteiger partial charge is 0.493 e. The Bertz CT molecular complexity index is 782. The number of carbonyl (C=O) groups excluding carboxylic acids is 1. The van der Waals surface area contributed by atoms with Gasteiger partial charge in [-0.2, -0.15) is 0 Å². The van der Waals surface area contributed by atoms with Crippen molar-refractivity contribution in [3.63, 3.8) is 0 Å². The average Bonchev–Trinajstić information content (AvgIpc) is 2.71. The Balaban J connectivity index is 1.62. The Hall–Kier alpha value is -2.18. The van der Waals surface area contributed by atoms with Gasteiger partial charge < -0.3 is 20.1 Å². The Kier molecular flexibility index (Phi) is 7.01. The van der Waals surface area contributed by atoms with E-state index in [2.05, 4.69) is 34.9 Å². The van der Waals surface area contributed by atoms with Gasteiger partial charge in [0, 0.05) is 24.0 Å². The molecule has 0 aromatic heterocycles. The van der Waals surface area contributed by atoms with Gasteiger partial charge in [0.05, 0.1) is 7.11 Å². The Morgan fingerprint density at radius 1 is 1.22 bits per heavy atom. The lowest BCUT2D eigenvalue weighted by Crippen LogP contribution is -2.28. The number of methoxy groups -OCH3 is 1. The van der Waals surface area contributed by atoms with Crippen molar-refractivity contribution in [2.75, 3.05) is 26.0 Å². The third-order valence-electron chi connectivity index (χ3n) is 4.47. The molecular weight excluding hydrogens is 360 g/mol. The summed E-state index contributed by atoms with van der Waals surface area (Å²) in [6, 6.07) is 14.8. The summed E-state index contributed by atoms with van der Waals surface area (Å²) in [5.74, 6) is 2.20. The first-order valence-corrected chi connectivity index (χ1v) is 10.2. The summed E-state index contributed by atoms with van der Waals surface area (Å²) in [5, 5.41) is 6.37. The summed E-state index contributed by atoms with van der Waals surface area (Å²) >= 11 is 1.92. The van der Waals surface area contributed by atoms with Gasteiger partial charge in [-0.3, -0.25) is 4.79 Å². The molecule has 5 nitrogen and oxygen atoms in total. The van der Waals surface area contributed by atoms with E-state index in [0.29, 0.717) is 24.1 Å². The first kappa shape index (κ1) is 19.6. The molecule has 0 saturated carbocycles. The van der Waals surface area contributed by atoms with Crippen LogP contribution in [0.15, 0.2) is 47.4 Å². The van der Waals surface area contributed by atoms with Crippen LogP contribution in [0.2, 0.25) is 0 Å². The Morgan fingerprint density at radius 3 is 2.89 bits per heavy atom. The summed E-state index contributed by atoms with van der Waals surface area (Å²) in [6.45, 7) is 3.20. The quantitative estimate of drug-likeness (QED) is 0.727. The molecule has 1 heterocycles. The van der Waals surface area contributed by atoms with Gasteiger partial charge >= 0.3 is 0 Å². The van der Waals surface area contributed by atoms with E-state index in [-0.39, 0.29) is 12.5 Å². The van der Waals surface area contributed by atoms with E-state index in [1.54, 1.807) is 7.11 Å². The van der Waals surface area contributed by atoms with Crippen LogP contribution in [-0.2, 0) is 11.3 Å². The molecule has 1 unspecified atom stereocenters. The smallest absolute Gasteiger partial charge is 0.257 e. The van der Waals surface area contributed by atoms with Crippen molar-refractivity contribution in [1.82, 2.24) is 10.6 Å². The summed E-state index contributed by atoms with van der Waals surface area (Å²) < 4.78 is 11.0. The number of nitrogens with one attached hydrogen (secondary N) is 2. The molecule has 1 amide bonds. The normalized spacial score (nSPS) is 15.7. The van der Waals surface area contributed by atoms with Gasteiger partial charge in [-0.25, -0.2) is 0 Å². The number of thioether (sulfide) groups is 1. The molecule has 0 bridgehead atoms. The molecule has 2 aromatic rings. The molecule has 0 spiro atoms. The van der Waals surface area contributed by atoms with Gasteiger partial charge in [-0.05, 0) is 48.4 Å². The first-order valence-electron chi connectivity index (χ1n) is 9.22. The van der Waals surface area contributed by atoms with E-state index >= 15 is 0 Å². The molecule has 144 valence electrons. The fraction of sp³-hybridized carbons (Fsp3) is 0.381. The van der Waals surface area contributed by atoms with Gasteiger partial charge in [0.15, 0.2) is 18.1 Å². The molecule has 1 aliphatic heterocycles. The average molecular weight is 387 g/mol. The minimum absolute atomic E-state index is 0.0156. The fourth-order valence-electron chi connectivity index (χ4n) is 3.13.